The third-order valence-corrected chi connectivity index (χ3v) is 3.64. The summed E-state index contributed by atoms with van der Waals surface area (Å²) in [6, 6.07) is 8.64. The molecule has 0 amide bonds. The highest BCUT2D eigenvalue weighted by Gasteiger charge is 2.27. The summed E-state index contributed by atoms with van der Waals surface area (Å²) in [6.45, 7) is 0. The molecule has 3 aromatic rings. The maximum Gasteiger partial charge on any atom is 0.296 e. The number of hydrogen-bond donors (Lipinski definition) is 3. The molecule has 7 heteroatoms. The highest BCUT2D eigenvalue weighted by atomic mass is 16.6. The van der Waals surface area contributed by atoms with Crippen LogP contribution in [0, 0.1) is 0 Å². The highest BCUT2D eigenvalue weighted by Crippen LogP contribution is 2.49. The van der Waals surface area contributed by atoms with Crippen molar-refractivity contribution < 1.29 is 29.2 Å². The van der Waals surface area contributed by atoms with Gasteiger partial charge < -0.3 is 29.2 Å². The lowest BCUT2D eigenvalue weighted by molar-refractivity contribution is 0.302. The van der Waals surface area contributed by atoms with Crippen molar-refractivity contribution in [1.29, 1.82) is 0 Å². The molecule has 0 saturated carbocycles. The summed E-state index contributed by atoms with van der Waals surface area (Å²) >= 11 is 0. The molecule has 124 valence electrons. The molecule has 1 aromatic heterocycles. The van der Waals surface area contributed by atoms with E-state index in [0.717, 1.165) is 0 Å². The molecule has 24 heavy (non-hydrogen) atoms. The Bertz CT molecular complexity index is 974. The molecule has 0 aliphatic carbocycles. The summed E-state index contributed by atoms with van der Waals surface area (Å²) in [7, 11) is 2.53. The van der Waals surface area contributed by atoms with Gasteiger partial charge in [0.15, 0.2) is 11.3 Å². The van der Waals surface area contributed by atoms with Crippen molar-refractivity contribution in [3.8, 4) is 40.1 Å². The molecule has 0 fully saturated rings. The Balaban J connectivity index is 2.55. The summed E-state index contributed by atoms with van der Waals surface area (Å²) in [6.07, 6.45) is 0. The minimum atomic E-state index is -0.850. The van der Waals surface area contributed by atoms with E-state index in [1.807, 2.05) is 0 Å². The largest absolute Gasteiger partial charge is 0.502 e. The first kappa shape index (κ1) is 15.5. The first-order valence-corrected chi connectivity index (χ1v) is 6.92. The van der Waals surface area contributed by atoms with E-state index in [9.17, 15) is 20.1 Å². The van der Waals surface area contributed by atoms with Crippen LogP contribution in [-0.2, 0) is 0 Å². The summed E-state index contributed by atoms with van der Waals surface area (Å²) in [5, 5.41) is 29.5. The van der Waals surface area contributed by atoms with Gasteiger partial charge in [0.05, 0.1) is 14.2 Å². The number of ether oxygens (including phenoxy) is 2. The molecule has 0 aliphatic heterocycles. The summed E-state index contributed by atoms with van der Waals surface area (Å²) in [5.41, 5.74) is -0.294. The van der Waals surface area contributed by atoms with Gasteiger partial charge in [-0.25, -0.2) is 0 Å². The van der Waals surface area contributed by atoms with Gasteiger partial charge in [0.1, 0.15) is 10.9 Å². The lowest BCUT2D eigenvalue weighted by atomic mass is 10.0. The smallest absolute Gasteiger partial charge is 0.296 e. The number of benzene rings is 2. The second-order valence-electron chi connectivity index (χ2n) is 4.95. The van der Waals surface area contributed by atoms with Crippen LogP contribution in [0.15, 0.2) is 39.5 Å². The number of fused-ring (bicyclic) bond motifs is 1. The molecule has 0 atom stereocenters. The lowest BCUT2D eigenvalue weighted by Crippen LogP contribution is -2.09. The molecule has 3 N–H and O–H groups in total. The van der Waals surface area contributed by atoms with Crippen molar-refractivity contribution in [3.05, 3.63) is 40.6 Å². The highest BCUT2D eigenvalue weighted by molar-refractivity contribution is 5.96. The number of rotatable bonds is 3. The van der Waals surface area contributed by atoms with Crippen LogP contribution in [-0.4, -0.2) is 29.5 Å². The number of aromatic hydroxyl groups is 3. The average Bonchev–Trinajstić information content (AvgIpc) is 2.61. The maximum absolute atomic E-state index is 13.0. The van der Waals surface area contributed by atoms with Crippen LogP contribution in [0.2, 0.25) is 0 Å². The van der Waals surface area contributed by atoms with Crippen LogP contribution < -0.4 is 14.9 Å². The number of phenols is 3. The van der Waals surface area contributed by atoms with Gasteiger partial charge in [-0.15, -0.1) is 0 Å². The number of hydrogen-bond acceptors (Lipinski definition) is 7. The first-order valence-electron chi connectivity index (χ1n) is 6.92. The molecule has 0 aliphatic rings. The van der Waals surface area contributed by atoms with Gasteiger partial charge in [-0.1, -0.05) is 30.3 Å². The van der Waals surface area contributed by atoms with Gasteiger partial charge in [0, 0.05) is 0 Å². The van der Waals surface area contributed by atoms with Crippen molar-refractivity contribution >= 4 is 11.0 Å². The fourth-order valence-electron chi connectivity index (χ4n) is 2.53. The molecule has 0 bridgehead atoms. The SMILES string of the molecule is COc1oc2c(O)c(O)c(O)c(OC)c2c(=O)c1-c1ccccc1. The van der Waals surface area contributed by atoms with Crippen LogP contribution in [0.3, 0.4) is 0 Å². The molecular formula is C17H14O7. The Labute approximate surface area is 135 Å². The monoisotopic (exact) mass is 330 g/mol. The minimum Gasteiger partial charge on any atom is -0.502 e. The van der Waals surface area contributed by atoms with Crippen LogP contribution in [0.5, 0.6) is 28.9 Å². The summed E-state index contributed by atoms with van der Waals surface area (Å²) in [5.74, 6) is -2.82. The minimum absolute atomic E-state index is 0.105. The lowest BCUT2D eigenvalue weighted by Gasteiger charge is -2.13. The summed E-state index contributed by atoms with van der Waals surface area (Å²) < 4.78 is 15.6. The summed E-state index contributed by atoms with van der Waals surface area (Å²) in [4.78, 5) is 13.0. The molecular weight excluding hydrogens is 316 g/mol. The fraction of sp³-hybridized carbons (Fsp3) is 0.118. The Morgan fingerprint density at radius 2 is 1.58 bits per heavy atom. The molecule has 0 spiro atoms. The van der Waals surface area contributed by atoms with E-state index in [-0.39, 0.29) is 28.2 Å². The van der Waals surface area contributed by atoms with Crippen molar-refractivity contribution in [2.45, 2.75) is 0 Å². The second kappa shape index (κ2) is 5.69. The van der Waals surface area contributed by atoms with Crippen molar-refractivity contribution in [2.75, 3.05) is 14.2 Å². The van der Waals surface area contributed by atoms with Crippen molar-refractivity contribution in [2.24, 2.45) is 0 Å². The standard InChI is InChI=1S/C17H14O7/c1-22-15-10-11(18)9(8-6-4-3-5-7-8)17(23-2)24-16(10)14(21)12(19)13(15)20/h3-7,19-21H,1-2H3. The normalized spacial score (nSPS) is 10.8. The third kappa shape index (κ3) is 2.10. The maximum atomic E-state index is 13.0. The van der Waals surface area contributed by atoms with E-state index < -0.39 is 22.7 Å². The molecule has 0 radical (unpaired) electrons. The van der Waals surface area contributed by atoms with Gasteiger partial charge in [0.2, 0.25) is 22.7 Å². The van der Waals surface area contributed by atoms with Crippen LogP contribution >= 0.6 is 0 Å². The van der Waals surface area contributed by atoms with Crippen LogP contribution in [0.25, 0.3) is 22.1 Å². The molecule has 7 nitrogen and oxygen atoms in total. The van der Waals surface area contributed by atoms with E-state index in [4.69, 9.17) is 13.9 Å². The van der Waals surface area contributed by atoms with E-state index in [0.29, 0.717) is 5.56 Å². The Morgan fingerprint density at radius 3 is 2.17 bits per heavy atom. The van der Waals surface area contributed by atoms with E-state index in [2.05, 4.69) is 0 Å². The van der Waals surface area contributed by atoms with Gasteiger partial charge in [-0.2, -0.15) is 0 Å². The zero-order valence-corrected chi connectivity index (χ0v) is 12.9. The number of phenolic OH excluding ortho intramolecular Hbond substituents is 3. The molecule has 0 unspecified atom stereocenters. The van der Waals surface area contributed by atoms with Crippen LogP contribution in [0.4, 0.5) is 0 Å². The van der Waals surface area contributed by atoms with E-state index in [1.54, 1.807) is 30.3 Å². The van der Waals surface area contributed by atoms with Crippen molar-refractivity contribution in [1.82, 2.24) is 0 Å². The predicted molar refractivity (Wildman–Crippen MR) is 86.0 cm³/mol. The zero-order chi connectivity index (χ0) is 17.4. The Kier molecular flexibility index (Phi) is 3.69. The van der Waals surface area contributed by atoms with Gasteiger partial charge in [0.25, 0.3) is 5.95 Å². The molecule has 2 aromatic carbocycles. The second-order valence-corrected chi connectivity index (χ2v) is 4.95. The number of methoxy groups -OCH3 is 2. The molecule has 3 rings (SSSR count). The van der Waals surface area contributed by atoms with E-state index >= 15 is 0 Å². The zero-order valence-electron chi connectivity index (χ0n) is 12.9. The predicted octanol–water partition coefficient (Wildman–Crippen LogP) is 2.59. The van der Waals surface area contributed by atoms with Crippen LogP contribution in [0.1, 0.15) is 0 Å². The van der Waals surface area contributed by atoms with Gasteiger partial charge in [-0.3, -0.25) is 4.79 Å². The van der Waals surface area contributed by atoms with Crippen molar-refractivity contribution in [3.63, 3.8) is 0 Å². The van der Waals surface area contributed by atoms with Gasteiger partial charge in [-0.05, 0) is 5.56 Å². The average molecular weight is 330 g/mol. The quantitative estimate of drug-likeness (QED) is 0.633. The molecule has 1 heterocycles. The topological polar surface area (TPSA) is 109 Å². The third-order valence-electron chi connectivity index (χ3n) is 3.64. The fourth-order valence-corrected chi connectivity index (χ4v) is 2.53. The molecule has 0 saturated heterocycles. The van der Waals surface area contributed by atoms with Gasteiger partial charge >= 0.3 is 0 Å². The van der Waals surface area contributed by atoms with E-state index in [1.165, 1.54) is 14.2 Å². The first-order chi connectivity index (χ1) is 11.5. The Morgan fingerprint density at radius 1 is 0.917 bits per heavy atom. The Hall–Kier alpha value is -3.35.